The van der Waals surface area contributed by atoms with Gasteiger partial charge < -0.3 is 10.0 Å². The van der Waals surface area contributed by atoms with E-state index in [9.17, 15) is 9.18 Å². The molecule has 15 heavy (non-hydrogen) atoms. The van der Waals surface area contributed by atoms with Crippen LogP contribution in [0.2, 0.25) is 0 Å². The molecule has 1 atom stereocenters. The molecule has 1 rings (SSSR count). The smallest absolute Gasteiger partial charge is 0.328 e. The van der Waals surface area contributed by atoms with Gasteiger partial charge >= 0.3 is 5.97 Å². The molecule has 3 nitrogen and oxygen atoms in total. The summed E-state index contributed by atoms with van der Waals surface area (Å²) < 4.78 is 13.1. The summed E-state index contributed by atoms with van der Waals surface area (Å²) in [6.07, 6.45) is 4.91. The lowest BCUT2D eigenvalue weighted by molar-refractivity contribution is -0.131. The van der Waals surface area contributed by atoms with Gasteiger partial charge in [-0.3, -0.25) is 0 Å². The topological polar surface area (TPSA) is 40.5 Å². The molecule has 0 radical (unpaired) electrons. The summed E-state index contributed by atoms with van der Waals surface area (Å²) in [6.45, 7) is 0. The Hall–Kier alpha value is -1.58. The third-order valence-electron chi connectivity index (χ3n) is 2.15. The number of alkyl halides is 1. The minimum atomic E-state index is -1.00. The first kappa shape index (κ1) is 11.5. The molecule has 0 aromatic carbocycles. The Morgan fingerprint density at radius 2 is 2.33 bits per heavy atom. The van der Waals surface area contributed by atoms with Crippen molar-refractivity contribution >= 4 is 5.97 Å². The van der Waals surface area contributed by atoms with Crippen LogP contribution in [0.4, 0.5) is 4.39 Å². The molecule has 82 valence electrons. The maximum absolute atomic E-state index is 13.1. The van der Waals surface area contributed by atoms with Crippen molar-refractivity contribution in [2.24, 2.45) is 0 Å². The van der Waals surface area contributed by atoms with Gasteiger partial charge in [-0.05, 0) is 17.7 Å². The molecule has 0 saturated carbocycles. The van der Waals surface area contributed by atoms with E-state index in [2.05, 4.69) is 0 Å². The van der Waals surface area contributed by atoms with Crippen LogP contribution in [0.5, 0.6) is 0 Å². The molecule has 4 heteroatoms. The van der Waals surface area contributed by atoms with Crippen molar-refractivity contribution in [1.82, 2.24) is 4.90 Å². The fourth-order valence-corrected chi connectivity index (χ4v) is 1.43. The highest BCUT2D eigenvalue weighted by atomic mass is 19.1. The van der Waals surface area contributed by atoms with Crippen molar-refractivity contribution in [2.75, 3.05) is 14.1 Å². The van der Waals surface area contributed by atoms with E-state index in [0.29, 0.717) is 6.42 Å². The van der Waals surface area contributed by atoms with Crippen LogP contribution in [0.1, 0.15) is 6.42 Å². The molecule has 0 saturated heterocycles. The molecule has 0 bridgehead atoms. The SMILES string of the molecule is CN(C)C1=C(C=CC(=O)O)C=CC(F)C1. The number of rotatable bonds is 3. The Bertz CT molecular complexity index is 342. The van der Waals surface area contributed by atoms with Gasteiger partial charge in [0.25, 0.3) is 0 Å². The van der Waals surface area contributed by atoms with Gasteiger partial charge in [-0.25, -0.2) is 9.18 Å². The van der Waals surface area contributed by atoms with Crippen LogP contribution in [-0.4, -0.2) is 36.2 Å². The van der Waals surface area contributed by atoms with E-state index in [1.54, 1.807) is 11.0 Å². The van der Waals surface area contributed by atoms with Crippen molar-refractivity contribution in [1.29, 1.82) is 0 Å². The Labute approximate surface area is 88.2 Å². The highest BCUT2D eigenvalue weighted by molar-refractivity contribution is 5.80. The number of nitrogens with zero attached hydrogens (tertiary/aromatic N) is 1. The van der Waals surface area contributed by atoms with Crippen LogP contribution < -0.4 is 0 Å². The molecule has 0 amide bonds. The van der Waals surface area contributed by atoms with E-state index < -0.39 is 12.1 Å². The summed E-state index contributed by atoms with van der Waals surface area (Å²) in [5.41, 5.74) is 1.55. The van der Waals surface area contributed by atoms with E-state index in [4.69, 9.17) is 5.11 Å². The number of allylic oxidation sites excluding steroid dienone is 5. The molecule has 1 aliphatic rings. The molecule has 1 aliphatic carbocycles. The summed E-state index contributed by atoms with van der Waals surface area (Å²) in [4.78, 5) is 12.2. The average Bonchev–Trinajstić information content (AvgIpc) is 2.15. The number of hydrogen-bond donors (Lipinski definition) is 1. The van der Waals surface area contributed by atoms with Crippen LogP contribution in [0.25, 0.3) is 0 Å². The van der Waals surface area contributed by atoms with Gasteiger partial charge in [-0.15, -0.1) is 0 Å². The largest absolute Gasteiger partial charge is 0.478 e. The van der Waals surface area contributed by atoms with Gasteiger partial charge in [0.05, 0.1) is 0 Å². The fourth-order valence-electron chi connectivity index (χ4n) is 1.43. The number of halogens is 1. The minimum absolute atomic E-state index is 0.294. The second-order valence-corrected chi connectivity index (χ2v) is 3.55. The first-order valence-corrected chi connectivity index (χ1v) is 4.64. The predicted octanol–water partition coefficient (Wildman–Crippen LogP) is 1.74. The molecular formula is C11H14FNO2. The van der Waals surface area contributed by atoms with Crippen molar-refractivity contribution in [2.45, 2.75) is 12.6 Å². The van der Waals surface area contributed by atoms with Crippen molar-refractivity contribution in [3.8, 4) is 0 Å². The zero-order valence-electron chi connectivity index (χ0n) is 8.77. The minimum Gasteiger partial charge on any atom is -0.478 e. The molecule has 0 fully saturated rings. The molecular weight excluding hydrogens is 197 g/mol. The monoisotopic (exact) mass is 211 g/mol. The lowest BCUT2D eigenvalue weighted by atomic mass is 10.0. The average molecular weight is 211 g/mol. The summed E-state index contributed by atoms with van der Waals surface area (Å²) in [5, 5.41) is 8.50. The van der Waals surface area contributed by atoms with Gasteiger partial charge in [0.15, 0.2) is 0 Å². The Morgan fingerprint density at radius 3 is 2.87 bits per heavy atom. The van der Waals surface area contributed by atoms with E-state index >= 15 is 0 Å². The van der Waals surface area contributed by atoms with Crippen LogP contribution in [0.15, 0.2) is 35.6 Å². The zero-order valence-corrected chi connectivity index (χ0v) is 8.77. The number of hydrogen-bond acceptors (Lipinski definition) is 2. The number of carboxylic acid groups (broad SMARTS) is 1. The Balaban J connectivity index is 2.94. The maximum Gasteiger partial charge on any atom is 0.328 e. The van der Waals surface area contributed by atoms with Crippen LogP contribution >= 0.6 is 0 Å². The molecule has 0 spiro atoms. The Kier molecular flexibility index (Phi) is 3.66. The van der Waals surface area contributed by atoms with Gasteiger partial charge in [-0.2, -0.15) is 0 Å². The molecule has 0 heterocycles. The molecule has 1 N–H and O–H groups in total. The van der Waals surface area contributed by atoms with Gasteiger partial charge in [0, 0.05) is 32.3 Å². The van der Waals surface area contributed by atoms with Crippen LogP contribution in [0, 0.1) is 0 Å². The van der Waals surface area contributed by atoms with Crippen molar-refractivity contribution in [3.63, 3.8) is 0 Å². The molecule has 0 aromatic rings. The standard InChI is InChI=1S/C11H14FNO2/c1-13(2)10-7-9(12)5-3-8(10)4-6-11(14)15/h3-6,9H,7H2,1-2H3,(H,14,15). The quantitative estimate of drug-likeness (QED) is 0.723. The summed E-state index contributed by atoms with van der Waals surface area (Å²) in [7, 11) is 3.63. The number of carbonyl (C=O) groups is 1. The lowest BCUT2D eigenvalue weighted by Crippen LogP contribution is -2.18. The maximum atomic E-state index is 13.1. The van der Waals surface area contributed by atoms with Gasteiger partial charge in [-0.1, -0.05) is 6.08 Å². The highest BCUT2D eigenvalue weighted by Crippen LogP contribution is 2.23. The second-order valence-electron chi connectivity index (χ2n) is 3.55. The number of carboxylic acids is 1. The van der Waals surface area contributed by atoms with E-state index in [1.807, 2.05) is 14.1 Å². The summed E-state index contributed by atoms with van der Waals surface area (Å²) >= 11 is 0. The van der Waals surface area contributed by atoms with Gasteiger partial charge in [0.1, 0.15) is 6.17 Å². The first-order chi connectivity index (χ1) is 7.00. The second kappa shape index (κ2) is 4.77. The lowest BCUT2D eigenvalue weighted by Gasteiger charge is -2.23. The normalized spacial score (nSPS) is 21.1. The highest BCUT2D eigenvalue weighted by Gasteiger charge is 2.15. The number of aliphatic carboxylic acids is 1. The molecule has 0 aromatic heterocycles. The Morgan fingerprint density at radius 1 is 1.67 bits per heavy atom. The molecule has 0 aliphatic heterocycles. The van der Waals surface area contributed by atoms with E-state index in [0.717, 1.165) is 17.3 Å². The third kappa shape index (κ3) is 3.23. The molecule has 1 unspecified atom stereocenters. The zero-order chi connectivity index (χ0) is 11.4. The van der Waals surface area contributed by atoms with Gasteiger partial charge in [0.2, 0.25) is 0 Å². The summed E-state index contributed by atoms with van der Waals surface area (Å²) in [5.74, 6) is -1.00. The van der Waals surface area contributed by atoms with Crippen molar-refractivity contribution < 1.29 is 14.3 Å². The third-order valence-corrected chi connectivity index (χ3v) is 2.15. The van der Waals surface area contributed by atoms with Crippen molar-refractivity contribution in [3.05, 3.63) is 35.6 Å². The van der Waals surface area contributed by atoms with E-state index in [-0.39, 0.29) is 0 Å². The van der Waals surface area contributed by atoms with Crippen LogP contribution in [-0.2, 0) is 4.79 Å². The van der Waals surface area contributed by atoms with E-state index in [1.165, 1.54) is 12.2 Å². The van der Waals surface area contributed by atoms with Crippen LogP contribution in [0.3, 0.4) is 0 Å². The first-order valence-electron chi connectivity index (χ1n) is 4.64. The predicted molar refractivity (Wildman–Crippen MR) is 56.1 cm³/mol. The summed E-state index contributed by atoms with van der Waals surface area (Å²) in [6, 6.07) is 0. The fraction of sp³-hybridized carbons (Fsp3) is 0.364.